The summed E-state index contributed by atoms with van der Waals surface area (Å²) < 4.78 is 14.7. The average Bonchev–Trinajstić information content (AvgIpc) is 2.32. The molecule has 0 bridgehead atoms. The summed E-state index contributed by atoms with van der Waals surface area (Å²) in [5.41, 5.74) is 1.08. The van der Waals surface area contributed by atoms with E-state index in [1.54, 1.807) is 11.9 Å². The van der Waals surface area contributed by atoms with Crippen molar-refractivity contribution in [2.45, 2.75) is 6.54 Å². The maximum atomic E-state index is 13.7. The minimum absolute atomic E-state index is 0.294. The van der Waals surface area contributed by atoms with Crippen molar-refractivity contribution in [3.05, 3.63) is 57.4 Å². The van der Waals surface area contributed by atoms with Crippen LogP contribution in [0.5, 0.6) is 0 Å². The van der Waals surface area contributed by atoms with Crippen molar-refractivity contribution in [3.63, 3.8) is 0 Å². The fourth-order valence-electron chi connectivity index (χ4n) is 1.63. The minimum atomic E-state index is -0.415. The van der Waals surface area contributed by atoms with Gasteiger partial charge in [-0.2, -0.15) is 0 Å². The molecule has 0 saturated carbocycles. The van der Waals surface area contributed by atoms with Gasteiger partial charge in [-0.1, -0.05) is 39.7 Å². The van der Waals surface area contributed by atoms with Crippen LogP contribution in [0, 0.1) is 5.82 Å². The van der Waals surface area contributed by atoms with E-state index in [1.165, 1.54) is 12.3 Å². The lowest BCUT2D eigenvalue weighted by atomic mass is 10.2. The van der Waals surface area contributed by atoms with E-state index in [-0.39, 0.29) is 0 Å². The fourth-order valence-corrected chi connectivity index (χ4v) is 2.04. The molecule has 0 aliphatic heterocycles. The largest absolute Gasteiger partial charge is 0.353 e. The van der Waals surface area contributed by atoms with Gasteiger partial charge >= 0.3 is 0 Å². The first-order chi connectivity index (χ1) is 8.56. The van der Waals surface area contributed by atoms with Crippen molar-refractivity contribution in [3.8, 4) is 0 Å². The molecule has 1 heterocycles. The summed E-state index contributed by atoms with van der Waals surface area (Å²) in [7, 11) is 1.79. The van der Waals surface area contributed by atoms with Gasteiger partial charge in [-0.25, -0.2) is 9.37 Å². The molecule has 2 rings (SSSR count). The Bertz CT molecular complexity index is 545. The molecule has 94 valence electrons. The molecular weight excluding hydrogens is 319 g/mol. The first kappa shape index (κ1) is 13.3. The van der Waals surface area contributed by atoms with Crippen molar-refractivity contribution in [1.29, 1.82) is 0 Å². The molecule has 0 N–H and O–H groups in total. The highest BCUT2D eigenvalue weighted by atomic mass is 79.9. The number of hydrogen-bond donors (Lipinski definition) is 0. The van der Waals surface area contributed by atoms with E-state index >= 15 is 0 Å². The summed E-state index contributed by atoms with van der Waals surface area (Å²) in [6.07, 6.45) is 1.44. The van der Waals surface area contributed by atoms with Crippen molar-refractivity contribution < 1.29 is 4.39 Å². The van der Waals surface area contributed by atoms with Crippen LogP contribution in [0.3, 0.4) is 0 Å². The van der Waals surface area contributed by atoms with Gasteiger partial charge in [0, 0.05) is 24.3 Å². The molecule has 0 spiro atoms. The maximum absolute atomic E-state index is 13.7. The molecule has 18 heavy (non-hydrogen) atoms. The Morgan fingerprint density at radius 1 is 1.33 bits per heavy atom. The highest BCUT2D eigenvalue weighted by Crippen LogP contribution is 2.20. The molecule has 2 nitrogen and oxygen atoms in total. The average molecular weight is 330 g/mol. The lowest BCUT2D eigenvalue weighted by molar-refractivity contribution is 0.615. The molecule has 0 atom stereocenters. The Labute approximate surface area is 119 Å². The molecule has 0 aliphatic rings. The van der Waals surface area contributed by atoms with Crippen LogP contribution in [0.15, 0.2) is 41.0 Å². The summed E-state index contributed by atoms with van der Waals surface area (Å²) in [6.45, 7) is 0.582. The fraction of sp³-hybridized carbons (Fsp3) is 0.154. The van der Waals surface area contributed by atoms with Crippen molar-refractivity contribution in [1.82, 2.24) is 4.98 Å². The zero-order valence-corrected chi connectivity index (χ0v) is 12.0. The van der Waals surface area contributed by atoms with Crippen LogP contribution in [0.25, 0.3) is 0 Å². The molecule has 1 aromatic carbocycles. The van der Waals surface area contributed by atoms with E-state index < -0.39 is 5.82 Å². The van der Waals surface area contributed by atoms with Crippen molar-refractivity contribution in [2.75, 3.05) is 11.9 Å². The van der Waals surface area contributed by atoms with Crippen molar-refractivity contribution in [2.24, 2.45) is 0 Å². The van der Waals surface area contributed by atoms with E-state index in [2.05, 4.69) is 20.9 Å². The van der Waals surface area contributed by atoms with E-state index in [4.69, 9.17) is 11.6 Å². The number of rotatable bonds is 3. The topological polar surface area (TPSA) is 16.1 Å². The van der Waals surface area contributed by atoms with E-state index in [0.717, 1.165) is 10.0 Å². The Kier molecular flexibility index (Phi) is 4.19. The predicted octanol–water partition coefficient (Wildman–Crippen LogP) is 4.27. The molecule has 0 fully saturated rings. The second kappa shape index (κ2) is 5.67. The second-order valence-electron chi connectivity index (χ2n) is 3.94. The first-order valence-electron chi connectivity index (χ1n) is 5.33. The van der Waals surface area contributed by atoms with E-state index in [0.29, 0.717) is 17.4 Å². The quantitative estimate of drug-likeness (QED) is 0.836. The smallest absolute Gasteiger partial charge is 0.167 e. The Hall–Kier alpha value is -1.13. The van der Waals surface area contributed by atoms with Crippen LogP contribution < -0.4 is 4.90 Å². The summed E-state index contributed by atoms with van der Waals surface area (Å²) in [5.74, 6) is -0.121. The standard InChI is InChI=1S/C13H11BrClFN2/c1-18(8-9-2-4-10(14)5-3-9)13-12(16)6-11(15)7-17-13/h2-7H,8H2,1H3. The SMILES string of the molecule is CN(Cc1ccc(Br)cc1)c1ncc(Cl)cc1F. The number of aromatic nitrogens is 1. The van der Waals surface area contributed by atoms with Crippen molar-refractivity contribution >= 4 is 33.3 Å². The van der Waals surface area contributed by atoms with E-state index in [9.17, 15) is 4.39 Å². The lowest BCUT2D eigenvalue weighted by Gasteiger charge is -2.18. The van der Waals surface area contributed by atoms with Gasteiger partial charge in [0.1, 0.15) is 0 Å². The third kappa shape index (κ3) is 3.21. The van der Waals surface area contributed by atoms with Gasteiger partial charge in [0.15, 0.2) is 11.6 Å². The van der Waals surface area contributed by atoms with Gasteiger partial charge in [-0.3, -0.25) is 0 Å². The van der Waals surface area contributed by atoms with Crippen LogP contribution in [0.4, 0.5) is 10.2 Å². The third-order valence-electron chi connectivity index (χ3n) is 2.48. The van der Waals surface area contributed by atoms with Gasteiger partial charge in [0.05, 0.1) is 5.02 Å². The number of nitrogens with zero attached hydrogens (tertiary/aromatic N) is 2. The molecule has 0 saturated heterocycles. The van der Waals surface area contributed by atoms with Crippen LogP contribution in [-0.2, 0) is 6.54 Å². The molecule has 0 amide bonds. The highest BCUT2D eigenvalue weighted by Gasteiger charge is 2.10. The molecule has 2 aromatic rings. The summed E-state index contributed by atoms with van der Waals surface area (Å²) in [6, 6.07) is 9.13. The predicted molar refractivity (Wildman–Crippen MR) is 75.5 cm³/mol. The van der Waals surface area contributed by atoms with Gasteiger partial charge in [-0.15, -0.1) is 0 Å². The van der Waals surface area contributed by atoms with Gasteiger partial charge in [-0.05, 0) is 23.8 Å². The molecule has 0 aliphatic carbocycles. The zero-order valence-electron chi connectivity index (χ0n) is 9.70. The van der Waals surface area contributed by atoms with Gasteiger partial charge in [0.2, 0.25) is 0 Å². The number of benzene rings is 1. The second-order valence-corrected chi connectivity index (χ2v) is 5.29. The molecule has 1 aromatic heterocycles. The number of pyridine rings is 1. The van der Waals surface area contributed by atoms with Crippen LogP contribution in [0.1, 0.15) is 5.56 Å². The Morgan fingerprint density at radius 3 is 2.61 bits per heavy atom. The van der Waals surface area contributed by atoms with Gasteiger partial charge in [0.25, 0.3) is 0 Å². The minimum Gasteiger partial charge on any atom is -0.353 e. The Balaban J connectivity index is 2.16. The van der Waals surface area contributed by atoms with Crippen LogP contribution >= 0.6 is 27.5 Å². The molecule has 5 heteroatoms. The lowest BCUT2D eigenvalue weighted by Crippen LogP contribution is -2.19. The third-order valence-corrected chi connectivity index (χ3v) is 3.22. The van der Waals surface area contributed by atoms with Gasteiger partial charge < -0.3 is 4.90 Å². The van der Waals surface area contributed by atoms with Crippen LogP contribution in [0.2, 0.25) is 5.02 Å². The molecule has 0 radical (unpaired) electrons. The zero-order chi connectivity index (χ0) is 13.1. The first-order valence-corrected chi connectivity index (χ1v) is 6.50. The summed E-state index contributed by atoms with van der Waals surface area (Å²) >= 11 is 9.05. The molecular formula is C13H11BrClFN2. The van der Waals surface area contributed by atoms with Crippen LogP contribution in [-0.4, -0.2) is 12.0 Å². The highest BCUT2D eigenvalue weighted by molar-refractivity contribution is 9.10. The number of anilines is 1. The Morgan fingerprint density at radius 2 is 2.00 bits per heavy atom. The number of halogens is 3. The normalized spacial score (nSPS) is 10.4. The summed E-state index contributed by atoms with van der Waals surface area (Å²) in [4.78, 5) is 5.75. The monoisotopic (exact) mass is 328 g/mol. The van der Waals surface area contributed by atoms with E-state index in [1.807, 2.05) is 24.3 Å². The molecule has 0 unspecified atom stereocenters. The number of hydrogen-bond acceptors (Lipinski definition) is 2. The summed E-state index contributed by atoms with van der Waals surface area (Å²) in [5, 5.41) is 0.299. The maximum Gasteiger partial charge on any atom is 0.167 e.